The van der Waals surface area contributed by atoms with E-state index in [0.29, 0.717) is 6.54 Å². The lowest BCUT2D eigenvalue weighted by Crippen LogP contribution is -2.44. The highest BCUT2D eigenvalue weighted by molar-refractivity contribution is 6.00. The minimum Gasteiger partial charge on any atom is -0.365 e. The summed E-state index contributed by atoms with van der Waals surface area (Å²) < 4.78 is 1.77. The number of hydrogen-bond acceptors (Lipinski definition) is 5. The molecule has 1 atom stereocenters. The summed E-state index contributed by atoms with van der Waals surface area (Å²) in [6.07, 6.45) is 10.6. The van der Waals surface area contributed by atoms with Gasteiger partial charge in [-0.05, 0) is 18.9 Å². The number of nitrogens with one attached hydrogen (secondary N) is 2. The smallest absolute Gasteiger partial charge is 0.246 e. The van der Waals surface area contributed by atoms with Crippen LogP contribution in [0.1, 0.15) is 12.8 Å². The highest BCUT2D eigenvalue weighted by atomic mass is 16.2. The van der Waals surface area contributed by atoms with Crippen molar-refractivity contribution < 1.29 is 4.79 Å². The molecule has 1 saturated heterocycles. The molecule has 3 aromatic heterocycles. The SMILES string of the molecule is C=CC(=O)N1CCC[C@@H](Nc2ncnc3[nH]cc(-c4cnn(C)c4)c23)C1. The molecule has 0 saturated carbocycles. The number of aromatic amines is 1. The highest BCUT2D eigenvalue weighted by Crippen LogP contribution is 2.32. The zero-order valence-corrected chi connectivity index (χ0v) is 14.6. The molecule has 134 valence electrons. The second-order valence-corrected chi connectivity index (χ2v) is 6.52. The maximum Gasteiger partial charge on any atom is 0.246 e. The fourth-order valence-corrected chi connectivity index (χ4v) is 3.48. The van der Waals surface area contributed by atoms with Gasteiger partial charge in [0, 0.05) is 49.7 Å². The van der Waals surface area contributed by atoms with Crippen LogP contribution in [0.15, 0.2) is 37.6 Å². The monoisotopic (exact) mass is 351 g/mol. The van der Waals surface area contributed by atoms with Crippen molar-refractivity contribution in [2.75, 3.05) is 18.4 Å². The summed E-state index contributed by atoms with van der Waals surface area (Å²) in [6.45, 7) is 4.99. The first kappa shape index (κ1) is 16.3. The first-order valence-corrected chi connectivity index (χ1v) is 8.64. The molecule has 1 aliphatic heterocycles. The van der Waals surface area contributed by atoms with Crippen LogP contribution in [0.5, 0.6) is 0 Å². The van der Waals surface area contributed by atoms with E-state index in [-0.39, 0.29) is 11.9 Å². The third-order valence-corrected chi connectivity index (χ3v) is 4.73. The van der Waals surface area contributed by atoms with Crippen molar-refractivity contribution >= 4 is 22.8 Å². The van der Waals surface area contributed by atoms with Crippen LogP contribution < -0.4 is 5.32 Å². The Labute approximate surface area is 150 Å². The van der Waals surface area contributed by atoms with Crippen LogP contribution in [0.4, 0.5) is 5.82 Å². The van der Waals surface area contributed by atoms with Gasteiger partial charge < -0.3 is 15.2 Å². The molecule has 26 heavy (non-hydrogen) atoms. The molecule has 0 bridgehead atoms. The Hall–Kier alpha value is -3.16. The van der Waals surface area contributed by atoms with E-state index in [4.69, 9.17) is 0 Å². The molecule has 1 aliphatic rings. The molecule has 0 radical (unpaired) electrons. The van der Waals surface area contributed by atoms with Gasteiger partial charge >= 0.3 is 0 Å². The van der Waals surface area contributed by atoms with Gasteiger partial charge in [-0.25, -0.2) is 9.97 Å². The number of anilines is 1. The standard InChI is InChI=1S/C18H21N7O/c1-3-15(26)25-6-4-5-13(10-25)23-18-16-14(12-7-22-24(2)9-12)8-19-17(16)20-11-21-18/h3,7-9,11,13H,1,4-6,10H2,2H3,(H2,19,20,21,23)/t13-/m1/s1. The number of piperidine rings is 1. The summed E-state index contributed by atoms with van der Waals surface area (Å²) in [5.74, 6) is 0.745. The van der Waals surface area contributed by atoms with Crippen LogP contribution in [0.25, 0.3) is 22.2 Å². The Balaban J connectivity index is 1.65. The fourth-order valence-electron chi connectivity index (χ4n) is 3.48. The summed E-state index contributed by atoms with van der Waals surface area (Å²) in [6, 6.07) is 0.141. The molecule has 2 N–H and O–H groups in total. The van der Waals surface area contributed by atoms with E-state index < -0.39 is 0 Å². The van der Waals surface area contributed by atoms with Gasteiger partial charge in [-0.15, -0.1) is 0 Å². The lowest BCUT2D eigenvalue weighted by molar-refractivity contribution is -0.127. The van der Waals surface area contributed by atoms with E-state index in [2.05, 4.69) is 31.9 Å². The van der Waals surface area contributed by atoms with Crippen molar-refractivity contribution in [1.29, 1.82) is 0 Å². The minimum atomic E-state index is -0.0259. The number of fused-ring (bicyclic) bond motifs is 1. The zero-order valence-electron chi connectivity index (χ0n) is 14.6. The molecule has 0 spiro atoms. The summed E-state index contributed by atoms with van der Waals surface area (Å²) in [4.78, 5) is 25.7. The molecule has 1 fully saturated rings. The predicted octanol–water partition coefficient (Wildman–Crippen LogP) is 1.95. The van der Waals surface area contributed by atoms with E-state index in [0.717, 1.165) is 47.4 Å². The molecule has 4 heterocycles. The summed E-state index contributed by atoms with van der Waals surface area (Å²) >= 11 is 0. The second kappa shape index (κ2) is 6.62. The Kier molecular flexibility index (Phi) is 4.16. The van der Waals surface area contributed by atoms with Gasteiger partial charge in [0.1, 0.15) is 17.8 Å². The summed E-state index contributed by atoms with van der Waals surface area (Å²) in [5, 5.41) is 8.70. The van der Waals surface area contributed by atoms with Gasteiger partial charge in [-0.3, -0.25) is 9.48 Å². The normalized spacial score (nSPS) is 17.4. The first-order valence-electron chi connectivity index (χ1n) is 8.64. The molecular weight excluding hydrogens is 330 g/mol. The van der Waals surface area contributed by atoms with E-state index in [1.54, 1.807) is 11.0 Å². The number of amides is 1. The summed E-state index contributed by atoms with van der Waals surface area (Å²) in [5.41, 5.74) is 2.78. The number of nitrogens with zero attached hydrogens (tertiary/aromatic N) is 5. The molecule has 0 aromatic carbocycles. The van der Waals surface area contributed by atoms with E-state index in [1.165, 1.54) is 6.08 Å². The second-order valence-electron chi connectivity index (χ2n) is 6.52. The van der Waals surface area contributed by atoms with E-state index >= 15 is 0 Å². The van der Waals surface area contributed by atoms with Crippen molar-refractivity contribution in [3.63, 3.8) is 0 Å². The number of likely N-dealkylation sites (tertiary alicyclic amines) is 1. The zero-order chi connectivity index (χ0) is 18.1. The number of aromatic nitrogens is 5. The molecule has 3 aromatic rings. The maximum atomic E-state index is 11.9. The van der Waals surface area contributed by atoms with Gasteiger partial charge in [0.15, 0.2) is 0 Å². The van der Waals surface area contributed by atoms with E-state index in [1.807, 2.05) is 30.5 Å². The van der Waals surface area contributed by atoms with Crippen LogP contribution in [0.3, 0.4) is 0 Å². The Morgan fingerprint density at radius 1 is 1.46 bits per heavy atom. The average Bonchev–Trinajstić information content (AvgIpc) is 3.28. The molecule has 4 rings (SSSR count). The molecular formula is C18H21N7O. The Bertz CT molecular complexity index is 958. The molecule has 8 nitrogen and oxygen atoms in total. The van der Waals surface area contributed by atoms with E-state index in [9.17, 15) is 4.79 Å². The lowest BCUT2D eigenvalue weighted by atomic mass is 10.0. The topological polar surface area (TPSA) is 91.7 Å². The molecule has 0 unspecified atom stereocenters. The Morgan fingerprint density at radius 3 is 3.12 bits per heavy atom. The maximum absolute atomic E-state index is 11.9. The van der Waals surface area contributed by atoms with Gasteiger partial charge in [-0.1, -0.05) is 6.58 Å². The van der Waals surface area contributed by atoms with Gasteiger partial charge in [0.2, 0.25) is 5.91 Å². The number of carbonyl (C=O) groups excluding carboxylic acids is 1. The van der Waals surface area contributed by atoms with Crippen LogP contribution in [0, 0.1) is 0 Å². The number of aryl methyl sites for hydroxylation is 1. The van der Waals surface area contributed by atoms with Crippen molar-refractivity contribution in [3.8, 4) is 11.1 Å². The van der Waals surface area contributed by atoms with Gasteiger partial charge in [0.25, 0.3) is 0 Å². The van der Waals surface area contributed by atoms with Gasteiger partial charge in [-0.2, -0.15) is 5.10 Å². The predicted molar refractivity (Wildman–Crippen MR) is 99.5 cm³/mol. The number of H-pyrrole nitrogens is 1. The van der Waals surface area contributed by atoms with Gasteiger partial charge in [0.05, 0.1) is 11.6 Å². The Morgan fingerprint density at radius 2 is 2.35 bits per heavy atom. The lowest BCUT2D eigenvalue weighted by Gasteiger charge is -2.32. The van der Waals surface area contributed by atoms with Crippen LogP contribution in [-0.4, -0.2) is 54.7 Å². The highest BCUT2D eigenvalue weighted by Gasteiger charge is 2.24. The third-order valence-electron chi connectivity index (χ3n) is 4.73. The van der Waals surface area contributed by atoms with Crippen molar-refractivity contribution in [2.24, 2.45) is 7.05 Å². The number of carbonyl (C=O) groups is 1. The minimum absolute atomic E-state index is 0.0259. The fraction of sp³-hybridized carbons (Fsp3) is 0.333. The summed E-state index contributed by atoms with van der Waals surface area (Å²) in [7, 11) is 1.89. The largest absolute Gasteiger partial charge is 0.365 e. The molecule has 1 amide bonds. The van der Waals surface area contributed by atoms with Crippen LogP contribution in [-0.2, 0) is 11.8 Å². The first-order chi connectivity index (χ1) is 12.7. The quantitative estimate of drug-likeness (QED) is 0.701. The van der Waals surface area contributed by atoms with Crippen LogP contribution in [0.2, 0.25) is 0 Å². The third kappa shape index (κ3) is 2.94. The number of rotatable bonds is 4. The average molecular weight is 351 g/mol. The van der Waals surface area contributed by atoms with Crippen molar-refractivity contribution in [2.45, 2.75) is 18.9 Å². The van der Waals surface area contributed by atoms with Crippen molar-refractivity contribution in [3.05, 3.63) is 37.6 Å². The number of hydrogen-bond donors (Lipinski definition) is 2. The molecule has 0 aliphatic carbocycles. The van der Waals surface area contributed by atoms with Crippen LogP contribution >= 0.6 is 0 Å². The molecule has 8 heteroatoms. The van der Waals surface area contributed by atoms with Crippen molar-refractivity contribution in [1.82, 2.24) is 29.6 Å².